The zero-order chi connectivity index (χ0) is 22.1. The van der Waals surface area contributed by atoms with Crippen LogP contribution in [0.1, 0.15) is 49.1 Å². The molecule has 2 aliphatic rings. The zero-order valence-electron chi connectivity index (χ0n) is 19.3. The summed E-state index contributed by atoms with van der Waals surface area (Å²) in [7, 11) is 2.17. The Labute approximate surface area is 194 Å². The number of hydrogen-bond donors (Lipinski definition) is 0. The second-order valence-electron chi connectivity index (χ2n) is 9.92. The van der Waals surface area contributed by atoms with Gasteiger partial charge in [-0.25, -0.2) is 4.57 Å². The second-order valence-corrected chi connectivity index (χ2v) is 9.92. The minimum atomic E-state index is 0.663. The van der Waals surface area contributed by atoms with Crippen molar-refractivity contribution in [3.05, 3.63) is 78.0 Å². The number of ether oxygens (including phenoxy) is 1. The smallest absolute Gasteiger partial charge is 0.228 e. The van der Waals surface area contributed by atoms with Crippen molar-refractivity contribution in [1.29, 1.82) is 0 Å². The molecule has 0 unspecified atom stereocenters. The molecule has 2 heteroatoms. The van der Waals surface area contributed by atoms with Crippen molar-refractivity contribution in [3.8, 4) is 22.8 Å². The minimum absolute atomic E-state index is 0.663. The molecular weight excluding hydrogens is 402 g/mol. The largest absolute Gasteiger partial charge is 0.456 e. The van der Waals surface area contributed by atoms with Crippen LogP contribution in [0.25, 0.3) is 43.6 Å². The predicted octanol–water partition coefficient (Wildman–Crippen LogP) is 8.10. The van der Waals surface area contributed by atoms with E-state index < -0.39 is 0 Å². The molecule has 0 N–H and O–H groups in total. The molecule has 1 aliphatic carbocycles. The van der Waals surface area contributed by atoms with Gasteiger partial charge in [0.15, 0.2) is 6.20 Å². The van der Waals surface area contributed by atoms with E-state index in [-0.39, 0.29) is 0 Å². The number of benzene rings is 4. The summed E-state index contributed by atoms with van der Waals surface area (Å²) in [6.45, 7) is 2.24. The van der Waals surface area contributed by atoms with E-state index in [9.17, 15) is 0 Å². The number of aryl methyl sites for hydroxylation is 2. The zero-order valence-corrected chi connectivity index (χ0v) is 19.3. The van der Waals surface area contributed by atoms with Gasteiger partial charge in [0, 0.05) is 11.5 Å². The lowest BCUT2D eigenvalue weighted by atomic mass is 9.80. The van der Waals surface area contributed by atoms with Crippen LogP contribution in [0.3, 0.4) is 0 Å². The van der Waals surface area contributed by atoms with Crippen molar-refractivity contribution in [2.45, 2.75) is 44.9 Å². The number of fused-ring (bicyclic) bond motifs is 5. The summed E-state index contributed by atoms with van der Waals surface area (Å²) in [5.74, 6) is 2.60. The third kappa shape index (κ3) is 2.70. The topological polar surface area (TPSA) is 13.1 Å². The first kappa shape index (κ1) is 19.1. The monoisotopic (exact) mass is 430 g/mol. The Morgan fingerprint density at radius 1 is 0.788 bits per heavy atom. The lowest BCUT2D eigenvalue weighted by molar-refractivity contribution is -0.659. The summed E-state index contributed by atoms with van der Waals surface area (Å²) < 4.78 is 8.96. The maximum Gasteiger partial charge on any atom is 0.228 e. The maximum atomic E-state index is 6.67. The van der Waals surface area contributed by atoms with Gasteiger partial charge in [0.2, 0.25) is 5.69 Å². The summed E-state index contributed by atoms with van der Waals surface area (Å²) in [4.78, 5) is 0. The summed E-state index contributed by atoms with van der Waals surface area (Å²) in [5, 5.41) is 7.82. The molecule has 4 aromatic carbocycles. The Hall–Kier alpha value is -3.39. The number of nitrogens with zero attached hydrogens (tertiary/aromatic N) is 1. The first-order chi connectivity index (χ1) is 16.2. The van der Waals surface area contributed by atoms with Crippen molar-refractivity contribution in [1.82, 2.24) is 0 Å². The van der Waals surface area contributed by atoms with Crippen LogP contribution in [0.5, 0.6) is 11.5 Å². The van der Waals surface area contributed by atoms with Crippen molar-refractivity contribution in [2.24, 2.45) is 7.05 Å². The molecule has 0 bridgehead atoms. The summed E-state index contributed by atoms with van der Waals surface area (Å²) in [6, 6.07) is 22.3. The van der Waals surface area contributed by atoms with E-state index in [1.54, 1.807) is 0 Å². The summed E-state index contributed by atoms with van der Waals surface area (Å²) >= 11 is 0. The molecule has 0 radical (unpaired) electrons. The lowest BCUT2D eigenvalue weighted by Gasteiger charge is -2.26. The fraction of sp³-hybridized carbons (Fsp3) is 0.258. The molecule has 0 amide bonds. The molecule has 0 atom stereocenters. The number of hydrogen-bond acceptors (Lipinski definition) is 1. The highest BCUT2D eigenvalue weighted by atomic mass is 16.5. The van der Waals surface area contributed by atoms with Crippen LogP contribution in [0.2, 0.25) is 0 Å². The fourth-order valence-corrected chi connectivity index (χ4v) is 6.47. The van der Waals surface area contributed by atoms with Gasteiger partial charge in [-0.3, -0.25) is 0 Å². The summed E-state index contributed by atoms with van der Waals surface area (Å²) in [6.07, 6.45) is 8.92. The van der Waals surface area contributed by atoms with Gasteiger partial charge in [-0.05, 0) is 70.5 Å². The SMILES string of the molecule is Cc1c2c(cc3ccccc13)Oc1cc3cccc(C4CCCCC4)c3c3cc[n+](C)c-2c13. The highest BCUT2D eigenvalue weighted by Gasteiger charge is 2.31. The quantitative estimate of drug-likeness (QED) is 0.190. The van der Waals surface area contributed by atoms with Gasteiger partial charge in [0.1, 0.15) is 18.5 Å². The third-order valence-corrected chi connectivity index (χ3v) is 8.03. The van der Waals surface area contributed by atoms with E-state index in [2.05, 4.69) is 85.4 Å². The van der Waals surface area contributed by atoms with Crippen molar-refractivity contribution in [2.75, 3.05) is 0 Å². The van der Waals surface area contributed by atoms with E-state index in [0.29, 0.717) is 5.92 Å². The molecule has 1 aromatic heterocycles. The van der Waals surface area contributed by atoms with E-state index in [1.165, 1.54) is 86.8 Å². The molecular formula is C31H28NO+. The number of pyridine rings is 1. The summed E-state index contributed by atoms with van der Waals surface area (Å²) in [5.41, 5.74) is 5.31. The van der Waals surface area contributed by atoms with Gasteiger partial charge in [-0.2, -0.15) is 0 Å². The van der Waals surface area contributed by atoms with Gasteiger partial charge in [0.25, 0.3) is 0 Å². The number of aromatic nitrogens is 1. The highest BCUT2D eigenvalue weighted by Crippen LogP contribution is 2.51. The average molecular weight is 431 g/mol. The van der Waals surface area contributed by atoms with Crippen molar-refractivity contribution >= 4 is 32.3 Å². The average Bonchev–Trinajstić information content (AvgIpc) is 2.85. The second kappa shape index (κ2) is 7.05. The lowest BCUT2D eigenvalue weighted by Crippen LogP contribution is -2.31. The van der Waals surface area contributed by atoms with Crippen LogP contribution in [0, 0.1) is 6.92 Å². The standard InChI is InChI=1S/C31H28NO/c1-19-23-13-7-6-11-21(23)17-26-28(19)31-30-25(15-16-32(31)2)29-22(18-27(30)33-26)12-8-14-24(29)20-9-4-3-5-10-20/h6-8,11-18,20H,3-5,9-10H2,1-2H3/q+1. The molecule has 0 saturated heterocycles. The van der Waals surface area contributed by atoms with Crippen LogP contribution in [-0.2, 0) is 7.05 Å². The van der Waals surface area contributed by atoms with E-state index in [1.807, 2.05) is 0 Å². The van der Waals surface area contributed by atoms with Crippen molar-refractivity contribution in [3.63, 3.8) is 0 Å². The van der Waals surface area contributed by atoms with E-state index >= 15 is 0 Å². The Kier molecular flexibility index (Phi) is 4.08. The third-order valence-electron chi connectivity index (χ3n) is 8.03. The maximum absolute atomic E-state index is 6.67. The molecule has 0 spiro atoms. The Bertz CT molecular complexity index is 1590. The van der Waals surface area contributed by atoms with Gasteiger partial charge in [0.05, 0.1) is 10.9 Å². The highest BCUT2D eigenvalue weighted by molar-refractivity contribution is 6.17. The van der Waals surface area contributed by atoms with E-state index in [4.69, 9.17) is 4.74 Å². The normalized spacial score (nSPS) is 15.7. The Balaban J connectivity index is 1.60. The first-order valence-corrected chi connectivity index (χ1v) is 12.3. The molecule has 5 aromatic rings. The molecule has 1 fully saturated rings. The molecule has 1 saturated carbocycles. The van der Waals surface area contributed by atoms with Gasteiger partial charge >= 0.3 is 0 Å². The molecule has 162 valence electrons. The van der Waals surface area contributed by atoms with Gasteiger partial charge in [-0.15, -0.1) is 0 Å². The van der Waals surface area contributed by atoms with Crippen LogP contribution < -0.4 is 9.30 Å². The first-order valence-electron chi connectivity index (χ1n) is 12.3. The van der Waals surface area contributed by atoms with E-state index in [0.717, 1.165) is 11.5 Å². The number of rotatable bonds is 1. The molecule has 7 rings (SSSR count). The van der Waals surface area contributed by atoms with Crippen LogP contribution >= 0.6 is 0 Å². The van der Waals surface area contributed by atoms with Gasteiger partial charge in [-0.1, -0.05) is 61.7 Å². The molecule has 2 heterocycles. The fourth-order valence-electron chi connectivity index (χ4n) is 6.47. The Morgan fingerprint density at radius 2 is 1.58 bits per heavy atom. The molecule has 2 nitrogen and oxygen atoms in total. The predicted molar refractivity (Wildman–Crippen MR) is 136 cm³/mol. The molecule has 1 aliphatic heterocycles. The van der Waals surface area contributed by atoms with Crippen LogP contribution in [0.15, 0.2) is 66.9 Å². The van der Waals surface area contributed by atoms with Crippen LogP contribution in [0.4, 0.5) is 0 Å². The van der Waals surface area contributed by atoms with Gasteiger partial charge < -0.3 is 4.74 Å². The molecule has 33 heavy (non-hydrogen) atoms. The van der Waals surface area contributed by atoms with Crippen LogP contribution in [-0.4, -0.2) is 0 Å². The van der Waals surface area contributed by atoms with Crippen molar-refractivity contribution < 1.29 is 9.30 Å². The minimum Gasteiger partial charge on any atom is -0.456 e. The Morgan fingerprint density at radius 3 is 2.45 bits per heavy atom.